The summed E-state index contributed by atoms with van der Waals surface area (Å²) in [6.07, 6.45) is -3.38. The minimum absolute atomic E-state index is 0.00404. The first-order chi connectivity index (χ1) is 18.0. The molecule has 1 aliphatic rings. The van der Waals surface area contributed by atoms with E-state index in [4.69, 9.17) is 25.1 Å². The number of piperidine rings is 1. The molecule has 212 valence electrons. The highest BCUT2D eigenvalue weighted by Gasteiger charge is 2.38. The maximum absolute atomic E-state index is 12.2. The second kappa shape index (κ2) is 13.8. The summed E-state index contributed by atoms with van der Waals surface area (Å²) in [7, 11) is 0. The van der Waals surface area contributed by atoms with E-state index in [0.29, 0.717) is 38.5 Å². The summed E-state index contributed by atoms with van der Waals surface area (Å²) in [5.74, 6) is -1.48. The molecule has 1 aromatic carbocycles. The van der Waals surface area contributed by atoms with Crippen molar-refractivity contribution in [2.24, 2.45) is 5.73 Å². The number of nitrogens with one attached hydrogen (secondary N) is 1. The molecule has 1 aliphatic heterocycles. The fourth-order valence-corrected chi connectivity index (χ4v) is 4.33. The smallest absolute Gasteiger partial charge is 0.482 e. The van der Waals surface area contributed by atoms with Crippen molar-refractivity contribution in [3.63, 3.8) is 0 Å². The van der Waals surface area contributed by atoms with Gasteiger partial charge in [-0.25, -0.2) is 23.5 Å². The van der Waals surface area contributed by atoms with E-state index < -0.39 is 12.1 Å². The Bertz CT molecular complexity index is 1110. The molecule has 1 aromatic heterocycles. The molecule has 1 fully saturated rings. The molecule has 2 aromatic rings. The summed E-state index contributed by atoms with van der Waals surface area (Å²) in [4.78, 5) is 34.6. The monoisotopic (exact) mass is 546 g/mol. The number of nitrogens with zero attached hydrogens (tertiary/aromatic N) is 3. The number of hydrogen-bond donors (Lipinski definition) is 3. The molecule has 2 heterocycles. The Morgan fingerprint density at radius 3 is 2.32 bits per heavy atom. The minimum atomic E-state index is -5.08. The standard InChI is InChI=1S/C22H33N5O4.C2HF3O2/c1-4-24-22(29)25-11-9-16(10-12-25)27-19-13-17(31-15-21(28)30-6-3)7-8-18(19)26(5-2)20(27)14-23;3-2(4,5)1(6)7/h7-8,13,16H,4-6,9-12,14-15,23H2,1-3H3;(H,6,7)/p+1. The Morgan fingerprint density at radius 1 is 1.18 bits per heavy atom. The van der Waals surface area contributed by atoms with E-state index in [1.54, 1.807) is 6.92 Å². The Balaban J connectivity index is 0.000000638. The van der Waals surface area contributed by atoms with E-state index in [-0.39, 0.29) is 24.6 Å². The Hall–Kier alpha value is -3.55. The summed E-state index contributed by atoms with van der Waals surface area (Å²) in [6, 6.07) is 6.08. The zero-order valence-corrected chi connectivity index (χ0v) is 21.7. The van der Waals surface area contributed by atoms with Crippen LogP contribution in [0, 0.1) is 0 Å². The van der Waals surface area contributed by atoms with Crippen molar-refractivity contribution in [2.75, 3.05) is 32.8 Å². The van der Waals surface area contributed by atoms with Crippen LogP contribution in [-0.4, -0.2) is 71.6 Å². The quantitative estimate of drug-likeness (QED) is 0.341. The summed E-state index contributed by atoms with van der Waals surface area (Å²) in [6.45, 7) is 9.25. The highest BCUT2D eigenvalue weighted by atomic mass is 19.4. The number of carbonyl (C=O) groups is 3. The third kappa shape index (κ3) is 7.73. The van der Waals surface area contributed by atoms with E-state index in [2.05, 4.69) is 21.4 Å². The van der Waals surface area contributed by atoms with Crippen molar-refractivity contribution in [1.29, 1.82) is 0 Å². The van der Waals surface area contributed by atoms with Gasteiger partial charge in [-0.1, -0.05) is 0 Å². The number of alkyl halides is 3. The highest BCUT2D eigenvalue weighted by Crippen LogP contribution is 2.30. The van der Waals surface area contributed by atoms with Crippen molar-refractivity contribution < 1.29 is 46.7 Å². The van der Waals surface area contributed by atoms with Crippen LogP contribution in [0.5, 0.6) is 5.75 Å². The predicted octanol–water partition coefficient (Wildman–Crippen LogP) is 2.35. The molecule has 0 unspecified atom stereocenters. The maximum atomic E-state index is 12.2. The van der Waals surface area contributed by atoms with Crippen LogP contribution in [-0.2, 0) is 27.4 Å². The predicted molar refractivity (Wildman–Crippen MR) is 130 cm³/mol. The first-order valence-corrected chi connectivity index (χ1v) is 12.4. The average molecular weight is 547 g/mol. The number of aromatic nitrogens is 2. The third-order valence-electron chi connectivity index (χ3n) is 5.94. The van der Waals surface area contributed by atoms with Gasteiger partial charge in [-0.2, -0.15) is 13.2 Å². The van der Waals surface area contributed by atoms with Crippen LogP contribution in [0.3, 0.4) is 0 Å². The largest absolute Gasteiger partial charge is 0.490 e. The van der Waals surface area contributed by atoms with Crippen molar-refractivity contribution in [3.8, 4) is 5.75 Å². The van der Waals surface area contributed by atoms with Gasteiger partial charge in [-0.15, -0.1) is 0 Å². The molecule has 0 aliphatic carbocycles. The van der Waals surface area contributed by atoms with E-state index >= 15 is 0 Å². The molecular formula is C24H35F3N5O6+. The minimum Gasteiger partial charge on any atom is -0.482 e. The molecule has 0 spiro atoms. The summed E-state index contributed by atoms with van der Waals surface area (Å²) >= 11 is 0. The molecule has 4 N–H and O–H groups in total. The summed E-state index contributed by atoms with van der Waals surface area (Å²) in [5, 5.41) is 10.0. The normalized spacial score (nSPS) is 14.0. The second-order valence-corrected chi connectivity index (χ2v) is 8.34. The highest BCUT2D eigenvalue weighted by molar-refractivity contribution is 5.76. The van der Waals surface area contributed by atoms with Gasteiger partial charge >= 0.3 is 24.1 Å². The number of imidazole rings is 1. The molecule has 0 atom stereocenters. The van der Waals surface area contributed by atoms with Gasteiger partial charge in [0.05, 0.1) is 19.7 Å². The number of halogens is 3. The number of esters is 1. The number of benzene rings is 1. The van der Waals surface area contributed by atoms with Crippen LogP contribution in [0.4, 0.5) is 18.0 Å². The molecular weight excluding hydrogens is 511 g/mol. The van der Waals surface area contributed by atoms with Gasteiger partial charge in [0.2, 0.25) is 0 Å². The molecule has 38 heavy (non-hydrogen) atoms. The molecule has 1 saturated heterocycles. The van der Waals surface area contributed by atoms with E-state index in [0.717, 1.165) is 36.2 Å². The third-order valence-corrected chi connectivity index (χ3v) is 5.94. The SMILES string of the molecule is CCNC(=O)N1CCC(n2c(CN)[n+](CC)c3ccc(OCC(=O)OCC)cc32)CC1.O=C(O)C(F)(F)F. The zero-order valence-electron chi connectivity index (χ0n) is 21.7. The summed E-state index contributed by atoms with van der Waals surface area (Å²) in [5.41, 5.74) is 8.28. The van der Waals surface area contributed by atoms with Crippen LogP contribution in [0.15, 0.2) is 18.2 Å². The van der Waals surface area contributed by atoms with Crippen molar-refractivity contribution in [2.45, 2.75) is 58.9 Å². The number of fused-ring (bicyclic) bond motifs is 1. The molecule has 2 amide bonds. The topological polar surface area (TPSA) is 140 Å². The molecule has 0 radical (unpaired) electrons. The van der Waals surface area contributed by atoms with Gasteiger partial charge in [0.25, 0.3) is 5.82 Å². The molecule has 0 bridgehead atoms. The number of hydrogen-bond acceptors (Lipinski definition) is 6. The number of likely N-dealkylation sites (tertiary alicyclic amines) is 1. The van der Waals surface area contributed by atoms with Gasteiger partial charge in [0.1, 0.15) is 11.8 Å². The number of carboxylic acids is 1. The van der Waals surface area contributed by atoms with E-state index in [9.17, 15) is 22.8 Å². The van der Waals surface area contributed by atoms with E-state index in [1.165, 1.54) is 0 Å². The first-order valence-electron chi connectivity index (χ1n) is 12.4. The lowest BCUT2D eigenvalue weighted by molar-refractivity contribution is -0.676. The molecule has 3 rings (SSSR count). The van der Waals surface area contributed by atoms with Gasteiger partial charge in [-0.05, 0) is 32.9 Å². The molecule has 0 saturated carbocycles. The number of aliphatic carboxylic acids is 1. The van der Waals surface area contributed by atoms with Gasteiger partial charge < -0.3 is 30.5 Å². The van der Waals surface area contributed by atoms with Crippen molar-refractivity contribution in [3.05, 3.63) is 24.0 Å². The lowest BCUT2D eigenvalue weighted by atomic mass is 10.0. The number of nitrogens with two attached hydrogens (primary N) is 1. The van der Waals surface area contributed by atoms with Crippen LogP contribution >= 0.6 is 0 Å². The average Bonchev–Trinajstić information content (AvgIpc) is 3.20. The Morgan fingerprint density at radius 2 is 1.82 bits per heavy atom. The Kier molecular flexibility index (Phi) is 11.2. The molecule has 11 nitrogen and oxygen atoms in total. The number of aryl methyl sites for hydroxylation is 1. The van der Waals surface area contributed by atoms with Crippen LogP contribution in [0.25, 0.3) is 11.0 Å². The van der Waals surface area contributed by atoms with Crippen LogP contribution < -0.4 is 20.4 Å². The van der Waals surface area contributed by atoms with Gasteiger partial charge in [0, 0.05) is 38.5 Å². The zero-order chi connectivity index (χ0) is 28.5. The van der Waals surface area contributed by atoms with E-state index in [1.807, 2.05) is 30.0 Å². The fraction of sp³-hybridized carbons (Fsp3) is 0.583. The van der Waals surface area contributed by atoms with Crippen molar-refractivity contribution >= 4 is 29.0 Å². The second-order valence-electron chi connectivity index (χ2n) is 8.34. The number of rotatable bonds is 8. The molecule has 14 heteroatoms. The van der Waals surface area contributed by atoms with Crippen molar-refractivity contribution in [1.82, 2.24) is 14.8 Å². The lowest BCUT2D eigenvalue weighted by Gasteiger charge is -2.31. The van der Waals surface area contributed by atoms with Gasteiger partial charge in [0.15, 0.2) is 17.6 Å². The fourth-order valence-electron chi connectivity index (χ4n) is 4.33. The number of amides is 2. The number of ether oxygens (including phenoxy) is 2. The number of carbonyl (C=O) groups excluding carboxylic acids is 2. The lowest BCUT2D eigenvalue weighted by Crippen LogP contribution is -2.45. The summed E-state index contributed by atoms with van der Waals surface area (Å²) < 4.78 is 46.9. The van der Waals surface area contributed by atoms with Crippen LogP contribution in [0.1, 0.15) is 45.5 Å². The maximum Gasteiger partial charge on any atom is 0.490 e. The first kappa shape index (κ1) is 30.7. The Labute approximate surface area is 218 Å². The van der Waals surface area contributed by atoms with Gasteiger partial charge in [-0.3, -0.25) is 0 Å². The van der Waals surface area contributed by atoms with Crippen LogP contribution in [0.2, 0.25) is 0 Å². The number of carboxylic acid groups (broad SMARTS) is 1. The number of urea groups is 1.